The zero-order valence-corrected chi connectivity index (χ0v) is 13.7. The van der Waals surface area contributed by atoms with Crippen LogP contribution in [0.1, 0.15) is 45.4 Å². The van der Waals surface area contributed by atoms with Crippen LogP contribution >= 0.6 is 0 Å². The van der Waals surface area contributed by atoms with Crippen molar-refractivity contribution < 1.29 is 9.53 Å². The van der Waals surface area contributed by atoms with E-state index in [9.17, 15) is 4.79 Å². The second kappa shape index (κ2) is 6.44. The lowest BCUT2D eigenvalue weighted by Crippen LogP contribution is -2.69. The second-order valence-electron chi connectivity index (χ2n) is 6.72. The molecular formula is C16H28N4O2. The van der Waals surface area contributed by atoms with E-state index in [0.29, 0.717) is 30.5 Å². The SMILES string of the molecule is CCOC1CC(NC(=NC)NC2CCC(=O)NC2)C12CCC2. The van der Waals surface area contributed by atoms with Gasteiger partial charge in [0.25, 0.3) is 0 Å². The lowest BCUT2D eigenvalue weighted by molar-refractivity contribution is -0.168. The fraction of sp³-hybridized carbons (Fsp3) is 0.875. The summed E-state index contributed by atoms with van der Waals surface area (Å²) in [5.41, 5.74) is 0.328. The Kier molecular flexibility index (Phi) is 4.57. The monoisotopic (exact) mass is 308 g/mol. The van der Waals surface area contributed by atoms with Gasteiger partial charge in [-0.05, 0) is 32.6 Å². The fourth-order valence-corrected chi connectivity index (χ4v) is 4.03. The Balaban J connectivity index is 1.52. The molecule has 0 aromatic heterocycles. The smallest absolute Gasteiger partial charge is 0.220 e. The number of hydrogen-bond donors (Lipinski definition) is 3. The van der Waals surface area contributed by atoms with Crippen molar-refractivity contribution in [2.45, 2.75) is 63.6 Å². The van der Waals surface area contributed by atoms with Gasteiger partial charge in [-0.15, -0.1) is 0 Å². The minimum Gasteiger partial charge on any atom is -0.378 e. The van der Waals surface area contributed by atoms with Gasteiger partial charge in [0, 0.05) is 44.1 Å². The van der Waals surface area contributed by atoms with Crippen molar-refractivity contribution in [3.05, 3.63) is 0 Å². The van der Waals surface area contributed by atoms with Crippen LogP contribution in [0.2, 0.25) is 0 Å². The molecule has 2 saturated carbocycles. The molecule has 1 saturated heterocycles. The van der Waals surface area contributed by atoms with Gasteiger partial charge < -0.3 is 20.7 Å². The summed E-state index contributed by atoms with van der Waals surface area (Å²) in [7, 11) is 1.81. The van der Waals surface area contributed by atoms with Crippen molar-refractivity contribution in [2.75, 3.05) is 20.2 Å². The number of rotatable bonds is 4. The van der Waals surface area contributed by atoms with E-state index in [0.717, 1.165) is 25.4 Å². The molecule has 3 unspecified atom stereocenters. The Labute approximate surface area is 132 Å². The number of amides is 1. The van der Waals surface area contributed by atoms with Gasteiger partial charge in [-0.1, -0.05) is 6.42 Å². The van der Waals surface area contributed by atoms with E-state index in [1.54, 1.807) is 0 Å². The largest absolute Gasteiger partial charge is 0.378 e. The third-order valence-corrected chi connectivity index (χ3v) is 5.58. The van der Waals surface area contributed by atoms with Crippen LogP contribution in [0.25, 0.3) is 0 Å². The molecule has 0 aromatic rings. The number of aliphatic imine (C=N–C) groups is 1. The average Bonchev–Trinajstić information content (AvgIpc) is 2.45. The highest BCUT2D eigenvalue weighted by molar-refractivity contribution is 5.81. The number of hydrogen-bond acceptors (Lipinski definition) is 3. The minimum atomic E-state index is 0.146. The maximum absolute atomic E-state index is 11.2. The summed E-state index contributed by atoms with van der Waals surface area (Å²) in [6, 6.07) is 0.728. The van der Waals surface area contributed by atoms with Crippen LogP contribution in [0.3, 0.4) is 0 Å². The number of carbonyl (C=O) groups is 1. The summed E-state index contributed by atoms with van der Waals surface area (Å²) in [5, 5.41) is 9.93. The number of nitrogens with one attached hydrogen (secondary N) is 3. The summed E-state index contributed by atoms with van der Waals surface area (Å²) >= 11 is 0. The third kappa shape index (κ3) is 2.81. The van der Waals surface area contributed by atoms with Crippen molar-refractivity contribution in [2.24, 2.45) is 10.4 Å². The van der Waals surface area contributed by atoms with Gasteiger partial charge in [0.1, 0.15) is 0 Å². The van der Waals surface area contributed by atoms with E-state index in [1.165, 1.54) is 19.3 Å². The van der Waals surface area contributed by atoms with Gasteiger partial charge in [0.15, 0.2) is 5.96 Å². The van der Waals surface area contributed by atoms with E-state index in [4.69, 9.17) is 4.74 Å². The molecule has 3 fully saturated rings. The number of nitrogens with zero attached hydrogens (tertiary/aromatic N) is 1. The molecule has 2 aliphatic carbocycles. The summed E-state index contributed by atoms with van der Waals surface area (Å²) in [6.07, 6.45) is 6.75. The molecule has 124 valence electrons. The van der Waals surface area contributed by atoms with Gasteiger partial charge >= 0.3 is 0 Å². The molecule has 3 N–H and O–H groups in total. The van der Waals surface area contributed by atoms with E-state index < -0.39 is 0 Å². The highest BCUT2D eigenvalue weighted by atomic mass is 16.5. The van der Waals surface area contributed by atoms with E-state index in [2.05, 4.69) is 27.9 Å². The topological polar surface area (TPSA) is 74.8 Å². The molecule has 0 bridgehead atoms. The maximum Gasteiger partial charge on any atom is 0.220 e. The Morgan fingerprint density at radius 2 is 2.27 bits per heavy atom. The summed E-state index contributed by atoms with van der Waals surface area (Å²) in [5.74, 6) is 1.00. The number of ether oxygens (including phenoxy) is 1. The molecule has 6 heteroatoms. The molecule has 1 spiro atoms. The maximum atomic E-state index is 11.2. The number of guanidine groups is 1. The zero-order chi connectivity index (χ0) is 15.6. The molecule has 3 aliphatic rings. The van der Waals surface area contributed by atoms with Crippen molar-refractivity contribution in [3.8, 4) is 0 Å². The zero-order valence-electron chi connectivity index (χ0n) is 13.7. The van der Waals surface area contributed by atoms with Crippen LogP contribution in [0.5, 0.6) is 0 Å². The van der Waals surface area contributed by atoms with Gasteiger partial charge in [-0.2, -0.15) is 0 Å². The predicted octanol–water partition coefficient (Wildman–Crippen LogP) is 0.778. The molecule has 1 amide bonds. The second-order valence-corrected chi connectivity index (χ2v) is 6.72. The molecule has 1 aliphatic heterocycles. The van der Waals surface area contributed by atoms with E-state index in [-0.39, 0.29) is 11.9 Å². The normalized spacial score (nSPS) is 33.6. The van der Waals surface area contributed by atoms with Gasteiger partial charge in [-0.25, -0.2) is 0 Å². The first-order valence-corrected chi connectivity index (χ1v) is 8.56. The quantitative estimate of drug-likeness (QED) is 0.530. The lowest BCUT2D eigenvalue weighted by Gasteiger charge is -2.61. The molecule has 0 radical (unpaired) electrons. The van der Waals surface area contributed by atoms with Crippen LogP contribution in [0.15, 0.2) is 4.99 Å². The summed E-state index contributed by atoms with van der Waals surface area (Å²) in [4.78, 5) is 15.6. The Morgan fingerprint density at radius 1 is 1.45 bits per heavy atom. The number of piperidine rings is 1. The van der Waals surface area contributed by atoms with Crippen molar-refractivity contribution in [1.29, 1.82) is 0 Å². The average molecular weight is 308 g/mol. The van der Waals surface area contributed by atoms with Crippen LogP contribution < -0.4 is 16.0 Å². The molecule has 6 nitrogen and oxygen atoms in total. The van der Waals surface area contributed by atoms with Crippen LogP contribution in [0, 0.1) is 5.41 Å². The van der Waals surface area contributed by atoms with E-state index >= 15 is 0 Å². The molecule has 0 aromatic carbocycles. The Hall–Kier alpha value is -1.30. The first-order valence-electron chi connectivity index (χ1n) is 8.56. The van der Waals surface area contributed by atoms with Crippen LogP contribution in [0.4, 0.5) is 0 Å². The molecule has 3 rings (SSSR count). The lowest BCUT2D eigenvalue weighted by atomic mass is 9.51. The van der Waals surface area contributed by atoms with Crippen LogP contribution in [-0.2, 0) is 9.53 Å². The van der Waals surface area contributed by atoms with Gasteiger partial charge in [0.2, 0.25) is 5.91 Å². The minimum absolute atomic E-state index is 0.146. The first kappa shape index (κ1) is 15.6. The van der Waals surface area contributed by atoms with Crippen LogP contribution in [-0.4, -0.2) is 50.3 Å². The first-order chi connectivity index (χ1) is 10.7. The standard InChI is InChI=1S/C16H28N4O2/c1-3-22-13-9-12(16(13)7-4-8-16)20-15(17-2)19-11-5-6-14(21)18-10-11/h11-13H,3-10H2,1-2H3,(H,18,21)(H2,17,19,20). The van der Waals surface area contributed by atoms with Gasteiger partial charge in [-0.3, -0.25) is 9.79 Å². The van der Waals surface area contributed by atoms with Crippen molar-refractivity contribution >= 4 is 11.9 Å². The number of carbonyl (C=O) groups excluding carboxylic acids is 1. The molecular weight excluding hydrogens is 280 g/mol. The van der Waals surface area contributed by atoms with Crippen molar-refractivity contribution in [3.63, 3.8) is 0 Å². The van der Waals surface area contributed by atoms with E-state index in [1.807, 2.05) is 7.05 Å². The van der Waals surface area contributed by atoms with Crippen molar-refractivity contribution in [1.82, 2.24) is 16.0 Å². The predicted molar refractivity (Wildman–Crippen MR) is 85.8 cm³/mol. The Morgan fingerprint density at radius 3 is 2.82 bits per heavy atom. The fourth-order valence-electron chi connectivity index (χ4n) is 4.03. The highest BCUT2D eigenvalue weighted by Gasteiger charge is 2.59. The highest BCUT2D eigenvalue weighted by Crippen LogP contribution is 2.57. The Bertz CT molecular complexity index is 437. The molecule has 1 heterocycles. The summed E-state index contributed by atoms with van der Waals surface area (Å²) < 4.78 is 5.90. The molecule has 22 heavy (non-hydrogen) atoms. The summed E-state index contributed by atoms with van der Waals surface area (Å²) in [6.45, 7) is 3.55. The molecule has 3 atom stereocenters. The van der Waals surface area contributed by atoms with Gasteiger partial charge in [0.05, 0.1) is 6.10 Å². The third-order valence-electron chi connectivity index (χ3n) is 5.58.